The molecule has 0 saturated carbocycles. The van der Waals surface area contributed by atoms with Crippen molar-refractivity contribution in [3.05, 3.63) is 34.0 Å². The van der Waals surface area contributed by atoms with Gasteiger partial charge in [0.25, 0.3) is 0 Å². The maximum absolute atomic E-state index is 5.89. The smallest absolute Gasteiger partial charge is 0.0602 e. The topological polar surface area (TPSA) is 26.0 Å². The summed E-state index contributed by atoms with van der Waals surface area (Å²) in [6.45, 7) is 7.87. The van der Waals surface area contributed by atoms with Crippen molar-refractivity contribution in [3.8, 4) is 0 Å². The van der Waals surface area contributed by atoms with E-state index in [9.17, 15) is 0 Å². The second-order valence-electron chi connectivity index (χ2n) is 2.79. The number of thiophene rings is 1. The van der Waals surface area contributed by atoms with Crippen molar-refractivity contribution in [2.75, 3.05) is 0 Å². The zero-order valence-corrected chi connectivity index (χ0v) is 7.74. The normalized spacial score (nSPS) is 13.0. The lowest BCUT2D eigenvalue weighted by Crippen LogP contribution is -2.09. The number of hydrogen-bond acceptors (Lipinski definition) is 2. The third-order valence-corrected chi connectivity index (χ3v) is 2.82. The van der Waals surface area contributed by atoms with Gasteiger partial charge in [-0.05, 0) is 30.9 Å². The van der Waals surface area contributed by atoms with Crippen molar-refractivity contribution in [2.24, 2.45) is 5.73 Å². The van der Waals surface area contributed by atoms with Crippen molar-refractivity contribution in [3.63, 3.8) is 0 Å². The van der Waals surface area contributed by atoms with Gasteiger partial charge in [0.15, 0.2) is 0 Å². The first-order valence-electron chi connectivity index (χ1n) is 3.58. The molecule has 0 aliphatic rings. The maximum atomic E-state index is 5.89. The van der Waals surface area contributed by atoms with Crippen LogP contribution in [0.1, 0.15) is 23.4 Å². The molecule has 1 atom stereocenters. The summed E-state index contributed by atoms with van der Waals surface area (Å²) in [5.41, 5.74) is 8.19. The Balaban J connectivity index is 2.92. The Morgan fingerprint density at radius 3 is 2.73 bits per heavy atom. The minimum Gasteiger partial charge on any atom is -0.320 e. The van der Waals surface area contributed by atoms with Gasteiger partial charge in [-0.3, -0.25) is 0 Å². The van der Waals surface area contributed by atoms with Crippen LogP contribution in [0.2, 0.25) is 0 Å². The lowest BCUT2D eigenvalue weighted by molar-refractivity contribution is 0.864. The van der Waals surface area contributed by atoms with E-state index >= 15 is 0 Å². The van der Waals surface area contributed by atoms with E-state index in [-0.39, 0.29) is 6.04 Å². The monoisotopic (exact) mass is 167 g/mol. The lowest BCUT2D eigenvalue weighted by Gasteiger charge is -2.09. The molecule has 0 aliphatic heterocycles. The summed E-state index contributed by atoms with van der Waals surface area (Å²) in [5.74, 6) is 0. The predicted molar refractivity (Wildman–Crippen MR) is 50.8 cm³/mol. The molecule has 0 amide bonds. The van der Waals surface area contributed by atoms with Gasteiger partial charge in [-0.1, -0.05) is 12.2 Å². The summed E-state index contributed by atoms with van der Waals surface area (Å²) in [4.78, 5) is 1.23. The summed E-state index contributed by atoms with van der Waals surface area (Å²) < 4.78 is 0. The Labute approximate surface area is 71.5 Å². The second kappa shape index (κ2) is 3.20. The Hall–Kier alpha value is -0.600. The van der Waals surface area contributed by atoms with Gasteiger partial charge in [-0.2, -0.15) is 0 Å². The van der Waals surface area contributed by atoms with Crippen molar-refractivity contribution in [1.82, 2.24) is 0 Å². The van der Waals surface area contributed by atoms with Crippen LogP contribution in [0.3, 0.4) is 0 Å². The molecule has 1 aromatic heterocycles. The van der Waals surface area contributed by atoms with Gasteiger partial charge < -0.3 is 5.73 Å². The molecule has 0 saturated heterocycles. The molecule has 0 aromatic carbocycles. The molecule has 60 valence electrons. The van der Waals surface area contributed by atoms with E-state index in [4.69, 9.17) is 5.73 Å². The van der Waals surface area contributed by atoms with E-state index in [0.717, 1.165) is 5.57 Å². The molecule has 2 N–H and O–H groups in total. The third kappa shape index (κ3) is 1.70. The lowest BCUT2D eigenvalue weighted by atomic mass is 10.1. The first-order chi connectivity index (χ1) is 5.13. The van der Waals surface area contributed by atoms with Gasteiger partial charge in [-0.15, -0.1) is 11.3 Å². The molecule has 1 nitrogen and oxygen atoms in total. The van der Waals surface area contributed by atoms with E-state index in [1.54, 1.807) is 11.3 Å². The molecule has 0 fully saturated rings. The fraction of sp³-hybridized carbons (Fsp3) is 0.333. The van der Waals surface area contributed by atoms with Gasteiger partial charge >= 0.3 is 0 Å². The fourth-order valence-electron chi connectivity index (χ4n) is 0.927. The van der Waals surface area contributed by atoms with Crippen LogP contribution in [0.4, 0.5) is 0 Å². The molecule has 1 unspecified atom stereocenters. The van der Waals surface area contributed by atoms with Crippen molar-refractivity contribution in [1.29, 1.82) is 0 Å². The molecule has 11 heavy (non-hydrogen) atoms. The Kier molecular flexibility index (Phi) is 2.47. The van der Waals surface area contributed by atoms with Crippen LogP contribution in [-0.4, -0.2) is 0 Å². The first kappa shape index (κ1) is 8.50. The Bertz CT molecular complexity index is 262. The van der Waals surface area contributed by atoms with Crippen LogP contribution in [0.25, 0.3) is 0 Å². The summed E-state index contributed by atoms with van der Waals surface area (Å²) in [6, 6.07) is 2.11. The zero-order chi connectivity index (χ0) is 8.43. The highest BCUT2D eigenvalue weighted by Crippen LogP contribution is 2.25. The second-order valence-corrected chi connectivity index (χ2v) is 3.74. The molecular weight excluding hydrogens is 154 g/mol. The number of rotatable bonds is 2. The summed E-state index contributed by atoms with van der Waals surface area (Å²) in [7, 11) is 0. The van der Waals surface area contributed by atoms with E-state index in [1.807, 2.05) is 6.92 Å². The van der Waals surface area contributed by atoms with Gasteiger partial charge in [-0.25, -0.2) is 0 Å². The molecule has 0 radical (unpaired) electrons. The zero-order valence-electron chi connectivity index (χ0n) is 6.92. The van der Waals surface area contributed by atoms with Crippen LogP contribution in [-0.2, 0) is 0 Å². The van der Waals surface area contributed by atoms with Crippen molar-refractivity contribution >= 4 is 11.3 Å². The van der Waals surface area contributed by atoms with E-state index in [2.05, 4.69) is 24.9 Å². The van der Waals surface area contributed by atoms with Crippen molar-refractivity contribution < 1.29 is 0 Å². The summed E-state index contributed by atoms with van der Waals surface area (Å²) >= 11 is 1.70. The SMILES string of the molecule is C=C(C)C(N)c1sccc1C. The largest absolute Gasteiger partial charge is 0.320 e. The fourth-order valence-corrected chi connectivity index (χ4v) is 1.95. The number of aryl methyl sites for hydroxylation is 1. The maximum Gasteiger partial charge on any atom is 0.0602 e. The summed E-state index contributed by atoms with van der Waals surface area (Å²) in [5, 5.41) is 2.06. The van der Waals surface area contributed by atoms with Crippen LogP contribution >= 0.6 is 11.3 Å². The van der Waals surface area contributed by atoms with Gasteiger partial charge in [0.1, 0.15) is 0 Å². The van der Waals surface area contributed by atoms with Crippen molar-refractivity contribution in [2.45, 2.75) is 19.9 Å². The molecule has 2 heteroatoms. The number of nitrogens with two attached hydrogens (primary N) is 1. The first-order valence-corrected chi connectivity index (χ1v) is 4.46. The highest BCUT2D eigenvalue weighted by molar-refractivity contribution is 7.10. The van der Waals surface area contributed by atoms with E-state index in [0.29, 0.717) is 0 Å². The molecule has 0 spiro atoms. The van der Waals surface area contributed by atoms with Gasteiger partial charge in [0.2, 0.25) is 0 Å². The molecule has 0 aliphatic carbocycles. The number of hydrogen-bond donors (Lipinski definition) is 1. The highest BCUT2D eigenvalue weighted by Gasteiger charge is 2.09. The van der Waals surface area contributed by atoms with Crippen LogP contribution < -0.4 is 5.73 Å². The minimum atomic E-state index is 0.0231. The predicted octanol–water partition coefficient (Wildman–Crippen LogP) is 2.63. The quantitative estimate of drug-likeness (QED) is 0.673. The summed E-state index contributed by atoms with van der Waals surface area (Å²) in [6.07, 6.45) is 0. The molecule has 0 bridgehead atoms. The van der Waals surface area contributed by atoms with E-state index < -0.39 is 0 Å². The van der Waals surface area contributed by atoms with Gasteiger partial charge in [0, 0.05) is 4.88 Å². The van der Waals surface area contributed by atoms with Crippen LogP contribution in [0.15, 0.2) is 23.6 Å². The Morgan fingerprint density at radius 2 is 2.36 bits per heavy atom. The Morgan fingerprint density at radius 1 is 1.73 bits per heavy atom. The average Bonchev–Trinajstić information content (AvgIpc) is 2.33. The standard InChI is InChI=1S/C9H13NS/c1-6(2)8(10)9-7(3)4-5-11-9/h4-5,8H,1,10H2,2-3H3. The molecule has 1 heterocycles. The van der Waals surface area contributed by atoms with Crippen LogP contribution in [0, 0.1) is 6.92 Å². The molecule has 1 aromatic rings. The van der Waals surface area contributed by atoms with Gasteiger partial charge in [0.05, 0.1) is 6.04 Å². The minimum absolute atomic E-state index is 0.0231. The average molecular weight is 167 g/mol. The molecule has 1 rings (SSSR count). The van der Waals surface area contributed by atoms with E-state index in [1.165, 1.54) is 10.4 Å². The third-order valence-electron chi connectivity index (χ3n) is 1.72. The van der Waals surface area contributed by atoms with Crippen LogP contribution in [0.5, 0.6) is 0 Å². The highest BCUT2D eigenvalue weighted by atomic mass is 32.1. The molecular formula is C9H13NS.